The lowest BCUT2D eigenvalue weighted by Crippen LogP contribution is -2.49. The average molecular weight is 457 g/mol. The molecule has 4 rings (SSSR count). The van der Waals surface area contributed by atoms with Gasteiger partial charge in [-0.3, -0.25) is 4.79 Å². The molecule has 0 aliphatic heterocycles. The van der Waals surface area contributed by atoms with Crippen molar-refractivity contribution in [3.63, 3.8) is 0 Å². The Balaban J connectivity index is 1.55. The molecule has 0 amide bonds. The van der Waals surface area contributed by atoms with Crippen LogP contribution in [0, 0.1) is 46.3 Å². The lowest BCUT2D eigenvalue weighted by atomic mass is 9.49. The molecule has 184 valence electrons. The molecule has 33 heavy (non-hydrogen) atoms. The van der Waals surface area contributed by atoms with E-state index in [1.165, 1.54) is 38.4 Å². The summed E-state index contributed by atoms with van der Waals surface area (Å²) in [7, 11) is 1.25. The predicted molar refractivity (Wildman–Crippen MR) is 130 cm³/mol. The van der Waals surface area contributed by atoms with Gasteiger partial charge in [-0.25, -0.2) is 4.79 Å². The molecule has 8 atom stereocenters. The standard InChI is InChI=1S/C29H44O4/c1-17(2)18(3)8-9-19(4)21-12-13-22-20-10-11-24-25(30)29(32,26(31)33-7)16-28(24,6)23(20)14-15-27(21,22)5/h11,17,19-23,32H,3,8-10,12-16H2,1-2,4-7H3. The molecular weight excluding hydrogens is 412 g/mol. The first kappa shape index (κ1) is 24.7. The van der Waals surface area contributed by atoms with Crippen molar-refractivity contribution in [3.8, 4) is 0 Å². The SMILES string of the molecule is C=C(CCC(C)C1CCC2C3CC=C4C(=O)C(O)(C(=O)OC)CC4(C)C3CCC12C)C(C)C. The van der Waals surface area contributed by atoms with E-state index in [9.17, 15) is 14.7 Å². The van der Waals surface area contributed by atoms with Gasteiger partial charge in [0, 0.05) is 17.4 Å². The summed E-state index contributed by atoms with van der Waals surface area (Å²) >= 11 is 0. The van der Waals surface area contributed by atoms with Gasteiger partial charge < -0.3 is 9.84 Å². The maximum Gasteiger partial charge on any atom is 0.346 e. The van der Waals surface area contributed by atoms with E-state index in [4.69, 9.17) is 4.74 Å². The zero-order valence-corrected chi connectivity index (χ0v) is 21.6. The number of ether oxygens (including phenoxy) is 1. The topological polar surface area (TPSA) is 63.6 Å². The van der Waals surface area contributed by atoms with Gasteiger partial charge in [0.15, 0.2) is 0 Å². The number of allylic oxidation sites excluding steroid dienone is 2. The van der Waals surface area contributed by atoms with Crippen molar-refractivity contribution in [2.75, 3.05) is 7.11 Å². The minimum absolute atomic E-state index is 0.166. The van der Waals surface area contributed by atoms with E-state index < -0.39 is 22.8 Å². The van der Waals surface area contributed by atoms with E-state index in [0.29, 0.717) is 40.6 Å². The molecule has 4 aliphatic carbocycles. The van der Waals surface area contributed by atoms with Gasteiger partial charge in [-0.1, -0.05) is 52.8 Å². The van der Waals surface area contributed by atoms with E-state index in [0.717, 1.165) is 25.2 Å². The van der Waals surface area contributed by atoms with E-state index >= 15 is 0 Å². The predicted octanol–water partition coefficient (Wildman–Crippen LogP) is 5.89. The second kappa shape index (κ2) is 8.36. The van der Waals surface area contributed by atoms with Gasteiger partial charge >= 0.3 is 5.97 Å². The molecule has 4 heteroatoms. The van der Waals surface area contributed by atoms with Crippen LogP contribution in [-0.2, 0) is 14.3 Å². The fourth-order valence-electron chi connectivity index (χ4n) is 8.72. The first-order valence-corrected chi connectivity index (χ1v) is 13.1. The maximum atomic E-state index is 13.1. The molecule has 0 aromatic heterocycles. The summed E-state index contributed by atoms with van der Waals surface area (Å²) in [5.41, 5.74) is -0.0788. The van der Waals surface area contributed by atoms with Crippen LogP contribution in [-0.4, -0.2) is 29.6 Å². The first-order chi connectivity index (χ1) is 15.4. The van der Waals surface area contributed by atoms with Gasteiger partial charge in [0.05, 0.1) is 7.11 Å². The van der Waals surface area contributed by atoms with E-state index in [1.807, 2.05) is 0 Å². The van der Waals surface area contributed by atoms with Crippen LogP contribution in [0.25, 0.3) is 0 Å². The molecule has 0 spiro atoms. The van der Waals surface area contributed by atoms with Crippen molar-refractivity contribution >= 4 is 11.8 Å². The van der Waals surface area contributed by atoms with Gasteiger partial charge in [-0.05, 0) is 85.9 Å². The lowest BCUT2D eigenvalue weighted by Gasteiger charge is -2.55. The van der Waals surface area contributed by atoms with Crippen molar-refractivity contribution in [3.05, 3.63) is 23.8 Å². The molecule has 4 aliphatic rings. The van der Waals surface area contributed by atoms with E-state index in [-0.39, 0.29) is 6.42 Å². The van der Waals surface area contributed by atoms with Crippen molar-refractivity contribution < 1.29 is 19.4 Å². The normalized spacial score (nSPS) is 42.9. The monoisotopic (exact) mass is 456 g/mol. The van der Waals surface area contributed by atoms with Gasteiger partial charge in [-0.15, -0.1) is 0 Å². The Morgan fingerprint density at radius 2 is 1.91 bits per heavy atom. The summed E-state index contributed by atoms with van der Waals surface area (Å²) in [6.45, 7) is 15.9. The summed E-state index contributed by atoms with van der Waals surface area (Å²) < 4.78 is 4.83. The third-order valence-electron chi connectivity index (χ3n) is 10.7. The number of hydrogen-bond donors (Lipinski definition) is 1. The minimum Gasteiger partial charge on any atom is -0.467 e. The highest BCUT2D eigenvalue weighted by Crippen LogP contribution is 2.68. The number of carbonyl (C=O) groups is 2. The summed E-state index contributed by atoms with van der Waals surface area (Å²) in [6, 6.07) is 0. The van der Waals surface area contributed by atoms with Crippen molar-refractivity contribution in [1.82, 2.24) is 0 Å². The highest BCUT2D eigenvalue weighted by molar-refractivity contribution is 6.18. The molecule has 0 aromatic rings. The van der Waals surface area contributed by atoms with Crippen LogP contribution in [0.3, 0.4) is 0 Å². The van der Waals surface area contributed by atoms with Crippen LogP contribution in [0.15, 0.2) is 23.8 Å². The number of ketones is 1. The van der Waals surface area contributed by atoms with E-state index in [1.54, 1.807) is 0 Å². The summed E-state index contributed by atoms with van der Waals surface area (Å²) in [5.74, 6) is 2.26. The van der Waals surface area contributed by atoms with E-state index in [2.05, 4.69) is 47.3 Å². The molecule has 0 aromatic carbocycles. The van der Waals surface area contributed by atoms with Gasteiger partial charge in [0.25, 0.3) is 0 Å². The minimum atomic E-state index is -2.02. The number of methoxy groups -OCH3 is 1. The van der Waals surface area contributed by atoms with Crippen LogP contribution >= 0.6 is 0 Å². The van der Waals surface area contributed by atoms with Crippen LogP contribution in [0.2, 0.25) is 0 Å². The van der Waals surface area contributed by atoms with Gasteiger partial charge in [0.1, 0.15) is 0 Å². The molecule has 0 radical (unpaired) electrons. The second-order valence-electron chi connectivity index (χ2n) is 12.6. The number of aliphatic hydroxyl groups is 1. The largest absolute Gasteiger partial charge is 0.467 e. The Labute approximate surface area is 200 Å². The zero-order chi connectivity index (χ0) is 24.3. The number of hydrogen-bond acceptors (Lipinski definition) is 4. The van der Waals surface area contributed by atoms with Gasteiger partial charge in [0.2, 0.25) is 11.4 Å². The molecular formula is C29H44O4. The maximum absolute atomic E-state index is 13.1. The lowest BCUT2D eigenvalue weighted by molar-refractivity contribution is -0.166. The number of esters is 1. The third-order valence-corrected chi connectivity index (χ3v) is 10.7. The number of carbonyl (C=O) groups excluding carboxylic acids is 2. The summed E-state index contributed by atoms with van der Waals surface area (Å²) in [4.78, 5) is 25.5. The summed E-state index contributed by atoms with van der Waals surface area (Å²) in [6.07, 6.45) is 10.3. The molecule has 3 saturated carbocycles. The Bertz CT molecular complexity index is 871. The Morgan fingerprint density at radius 1 is 1.21 bits per heavy atom. The Hall–Kier alpha value is -1.42. The molecule has 4 nitrogen and oxygen atoms in total. The number of fused-ring (bicyclic) bond motifs is 5. The van der Waals surface area contributed by atoms with Crippen molar-refractivity contribution in [2.24, 2.45) is 46.3 Å². The number of Topliss-reactive ketones (excluding diaryl/α,β-unsaturated/α-hetero) is 1. The fourth-order valence-corrected chi connectivity index (χ4v) is 8.72. The molecule has 0 saturated heterocycles. The molecule has 0 heterocycles. The fraction of sp³-hybridized carbons (Fsp3) is 0.793. The smallest absolute Gasteiger partial charge is 0.346 e. The van der Waals surface area contributed by atoms with Crippen LogP contribution in [0.5, 0.6) is 0 Å². The van der Waals surface area contributed by atoms with Crippen LogP contribution < -0.4 is 0 Å². The second-order valence-corrected chi connectivity index (χ2v) is 12.6. The van der Waals surface area contributed by atoms with Crippen molar-refractivity contribution in [2.45, 2.75) is 91.6 Å². The number of rotatable bonds is 6. The Morgan fingerprint density at radius 3 is 2.55 bits per heavy atom. The molecule has 1 N–H and O–H groups in total. The quantitative estimate of drug-likeness (QED) is 0.308. The average Bonchev–Trinajstić information content (AvgIpc) is 3.23. The zero-order valence-electron chi connectivity index (χ0n) is 21.6. The summed E-state index contributed by atoms with van der Waals surface area (Å²) in [5, 5.41) is 11.0. The van der Waals surface area contributed by atoms with Crippen LogP contribution in [0.1, 0.15) is 86.0 Å². The Kier molecular flexibility index (Phi) is 6.26. The first-order valence-electron chi connectivity index (χ1n) is 13.1. The van der Waals surface area contributed by atoms with Crippen LogP contribution in [0.4, 0.5) is 0 Å². The highest BCUT2D eigenvalue weighted by atomic mass is 16.5. The highest BCUT2D eigenvalue weighted by Gasteiger charge is 2.67. The molecule has 8 unspecified atom stereocenters. The van der Waals surface area contributed by atoms with Crippen molar-refractivity contribution in [1.29, 1.82) is 0 Å². The van der Waals surface area contributed by atoms with Gasteiger partial charge in [-0.2, -0.15) is 0 Å². The molecule has 3 fully saturated rings. The molecule has 0 bridgehead atoms. The third kappa shape index (κ3) is 3.58.